The van der Waals surface area contributed by atoms with E-state index in [0.717, 1.165) is 37.1 Å². The van der Waals surface area contributed by atoms with E-state index < -0.39 is 0 Å². The minimum atomic E-state index is -0.00575. The first-order valence-electron chi connectivity index (χ1n) is 11.8. The normalized spacial score (nSPS) is 11.5. The third-order valence-corrected chi connectivity index (χ3v) is 6.71. The van der Waals surface area contributed by atoms with E-state index in [-0.39, 0.29) is 5.41 Å². The molecule has 4 aromatic rings. The maximum atomic E-state index is 5.82. The van der Waals surface area contributed by atoms with Crippen LogP contribution in [0, 0.1) is 0 Å². The van der Waals surface area contributed by atoms with Gasteiger partial charge >= 0.3 is 0 Å². The van der Waals surface area contributed by atoms with Gasteiger partial charge in [-0.05, 0) is 76.9 Å². The van der Waals surface area contributed by atoms with Crippen molar-refractivity contribution in [2.24, 2.45) is 0 Å². The summed E-state index contributed by atoms with van der Waals surface area (Å²) < 4.78 is 0. The van der Waals surface area contributed by atoms with Gasteiger partial charge in [0.15, 0.2) is 0 Å². The Kier molecular flexibility index (Phi) is 6.84. The fourth-order valence-electron chi connectivity index (χ4n) is 4.68. The third-order valence-electron chi connectivity index (χ3n) is 6.71. The zero-order valence-electron chi connectivity index (χ0n) is 19.7. The van der Waals surface area contributed by atoms with Crippen molar-refractivity contribution in [3.8, 4) is 0 Å². The van der Waals surface area contributed by atoms with E-state index >= 15 is 0 Å². The van der Waals surface area contributed by atoms with Crippen LogP contribution in [0.15, 0.2) is 97.1 Å². The molecule has 4 aromatic carbocycles. The lowest BCUT2D eigenvalue weighted by molar-refractivity contribution is 0.511. The predicted octanol–water partition coefficient (Wildman–Crippen LogP) is 7.14. The summed E-state index contributed by atoms with van der Waals surface area (Å²) in [6.45, 7) is 4.64. The highest BCUT2D eigenvalue weighted by atomic mass is 14.5. The van der Waals surface area contributed by atoms with E-state index in [1.54, 1.807) is 0 Å². The van der Waals surface area contributed by atoms with Crippen LogP contribution in [0.1, 0.15) is 60.1 Å². The van der Waals surface area contributed by atoms with Crippen molar-refractivity contribution in [2.45, 2.75) is 44.9 Å². The van der Waals surface area contributed by atoms with Crippen LogP contribution in [-0.2, 0) is 18.3 Å². The summed E-state index contributed by atoms with van der Waals surface area (Å²) in [5.41, 5.74) is 21.2. The van der Waals surface area contributed by atoms with E-state index in [4.69, 9.17) is 11.5 Å². The van der Waals surface area contributed by atoms with Crippen molar-refractivity contribution in [1.29, 1.82) is 0 Å². The van der Waals surface area contributed by atoms with Gasteiger partial charge in [-0.15, -0.1) is 0 Å². The summed E-state index contributed by atoms with van der Waals surface area (Å²) in [5, 5.41) is 0. The Morgan fingerprint density at radius 1 is 0.515 bits per heavy atom. The average molecular weight is 435 g/mol. The van der Waals surface area contributed by atoms with Crippen molar-refractivity contribution in [3.63, 3.8) is 0 Å². The molecule has 0 unspecified atom stereocenters. The van der Waals surface area contributed by atoms with E-state index in [1.165, 1.54) is 33.4 Å². The summed E-state index contributed by atoms with van der Waals surface area (Å²) in [6.07, 6.45) is 4.09. The molecule has 0 aliphatic heterocycles. The van der Waals surface area contributed by atoms with Crippen molar-refractivity contribution in [3.05, 3.63) is 130 Å². The number of anilines is 2. The van der Waals surface area contributed by atoms with Gasteiger partial charge in [0, 0.05) is 16.8 Å². The molecule has 0 atom stereocenters. The fourth-order valence-corrected chi connectivity index (χ4v) is 4.68. The average Bonchev–Trinajstić information content (AvgIpc) is 2.83. The lowest BCUT2D eigenvalue weighted by Crippen LogP contribution is -2.23. The molecular formula is C31H34N2. The molecule has 0 aliphatic carbocycles. The predicted molar refractivity (Wildman–Crippen MR) is 142 cm³/mol. The van der Waals surface area contributed by atoms with Gasteiger partial charge in [0.25, 0.3) is 0 Å². The van der Waals surface area contributed by atoms with E-state index in [0.29, 0.717) is 0 Å². The lowest BCUT2D eigenvalue weighted by Gasteiger charge is -2.31. The molecule has 0 radical (unpaired) electrons. The molecular weight excluding hydrogens is 400 g/mol. The van der Waals surface area contributed by atoms with E-state index in [9.17, 15) is 0 Å². The molecule has 4 rings (SSSR count). The van der Waals surface area contributed by atoms with Gasteiger partial charge in [-0.2, -0.15) is 0 Å². The van der Waals surface area contributed by atoms with E-state index in [2.05, 4.69) is 86.6 Å². The molecule has 0 aliphatic rings. The smallest absolute Gasteiger partial charge is 0.0314 e. The molecule has 168 valence electrons. The summed E-state index contributed by atoms with van der Waals surface area (Å²) in [6, 6.07) is 34.6. The maximum absolute atomic E-state index is 5.82. The monoisotopic (exact) mass is 434 g/mol. The Labute approximate surface area is 198 Å². The van der Waals surface area contributed by atoms with Gasteiger partial charge in [-0.1, -0.05) is 93.1 Å². The van der Waals surface area contributed by atoms with Gasteiger partial charge < -0.3 is 11.5 Å². The van der Waals surface area contributed by atoms with Crippen LogP contribution in [0.2, 0.25) is 0 Å². The Bertz CT molecular complexity index is 1060. The SMILES string of the molecule is CCCC(C)(c1ccc(Cc2ccc(N)cc2)cc1)c1ccc(Cc2ccc(N)cc2)cc1. The largest absolute Gasteiger partial charge is 0.399 e. The van der Waals surface area contributed by atoms with Crippen LogP contribution in [0.3, 0.4) is 0 Å². The molecule has 4 N–H and O–H groups in total. The minimum absolute atomic E-state index is 0.00575. The van der Waals surface area contributed by atoms with Gasteiger partial charge in [-0.25, -0.2) is 0 Å². The van der Waals surface area contributed by atoms with Crippen molar-refractivity contribution >= 4 is 11.4 Å². The number of hydrogen-bond donors (Lipinski definition) is 2. The second kappa shape index (κ2) is 9.95. The Morgan fingerprint density at radius 3 is 1.12 bits per heavy atom. The Balaban J connectivity index is 1.53. The summed E-state index contributed by atoms with van der Waals surface area (Å²) >= 11 is 0. The third kappa shape index (κ3) is 5.46. The highest BCUT2D eigenvalue weighted by Crippen LogP contribution is 2.37. The molecule has 0 saturated carbocycles. The first-order valence-corrected chi connectivity index (χ1v) is 11.8. The molecule has 2 heteroatoms. The zero-order chi connectivity index (χ0) is 23.3. The molecule has 33 heavy (non-hydrogen) atoms. The first kappa shape index (κ1) is 22.7. The van der Waals surface area contributed by atoms with Gasteiger partial charge in [0.1, 0.15) is 0 Å². The Morgan fingerprint density at radius 2 is 0.818 bits per heavy atom. The van der Waals surface area contributed by atoms with Crippen molar-refractivity contribution < 1.29 is 0 Å². The zero-order valence-corrected chi connectivity index (χ0v) is 19.7. The minimum Gasteiger partial charge on any atom is -0.399 e. The van der Waals surface area contributed by atoms with Crippen LogP contribution in [0.25, 0.3) is 0 Å². The number of hydrogen-bond acceptors (Lipinski definition) is 2. The number of rotatable bonds is 8. The molecule has 0 amide bonds. The van der Waals surface area contributed by atoms with Crippen LogP contribution in [0.4, 0.5) is 11.4 Å². The van der Waals surface area contributed by atoms with Crippen LogP contribution < -0.4 is 11.5 Å². The second-order valence-corrected chi connectivity index (χ2v) is 9.31. The highest BCUT2D eigenvalue weighted by Gasteiger charge is 2.27. The highest BCUT2D eigenvalue weighted by molar-refractivity contribution is 5.44. The summed E-state index contributed by atoms with van der Waals surface area (Å²) in [5.74, 6) is 0. The van der Waals surface area contributed by atoms with E-state index in [1.807, 2.05) is 24.3 Å². The standard InChI is InChI=1S/C31H34N2/c1-3-20-31(2,27-12-4-23(5-13-27)21-25-8-16-29(32)17-9-25)28-14-6-24(7-15-28)22-26-10-18-30(33)19-11-26/h4-19H,3,20-22,32-33H2,1-2H3. The number of nitrogen functional groups attached to an aromatic ring is 2. The molecule has 2 nitrogen and oxygen atoms in total. The first-order chi connectivity index (χ1) is 16.0. The van der Waals surface area contributed by atoms with Crippen LogP contribution in [-0.4, -0.2) is 0 Å². The van der Waals surface area contributed by atoms with Gasteiger partial charge in [0.05, 0.1) is 0 Å². The fraction of sp³-hybridized carbons (Fsp3) is 0.226. The second-order valence-electron chi connectivity index (χ2n) is 9.31. The van der Waals surface area contributed by atoms with Gasteiger partial charge in [0.2, 0.25) is 0 Å². The lowest BCUT2D eigenvalue weighted by atomic mass is 9.72. The molecule has 0 bridgehead atoms. The van der Waals surface area contributed by atoms with Gasteiger partial charge in [-0.3, -0.25) is 0 Å². The number of nitrogens with two attached hydrogens (primary N) is 2. The summed E-state index contributed by atoms with van der Waals surface area (Å²) in [4.78, 5) is 0. The molecule has 0 heterocycles. The molecule has 0 spiro atoms. The molecule has 0 saturated heterocycles. The summed E-state index contributed by atoms with van der Waals surface area (Å²) in [7, 11) is 0. The number of benzene rings is 4. The molecule has 0 aromatic heterocycles. The molecule has 0 fully saturated rings. The maximum Gasteiger partial charge on any atom is 0.0314 e. The van der Waals surface area contributed by atoms with Crippen molar-refractivity contribution in [1.82, 2.24) is 0 Å². The van der Waals surface area contributed by atoms with Crippen molar-refractivity contribution in [2.75, 3.05) is 11.5 Å². The Hall–Kier alpha value is -3.52. The topological polar surface area (TPSA) is 52.0 Å². The van der Waals surface area contributed by atoms with Crippen LogP contribution in [0.5, 0.6) is 0 Å². The quantitative estimate of drug-likeness (QED) is 0.290. The van der Waals surface area contributed by atoms with Crippen LogP contribution >= 0.6 is 0 Å².